The van der Waals surface area contributed by atoms with Crippen LogP contribution in [-0.2, 0) is 6.18 Å². The smallest absolute Gasteiger partial charge is 0.256 e. The zero-order valence-electron chi connectivity index (χ0n) is 9.07. The van der Waals surface area contributed by atoms with Crippen LogP contribution in [0.1, 0.15) is 11.1 Å². The number of pyridine rings is 1. The largest absolute Gasteiger partial charge is 0.417 e. The van der Waals surface area contributed by atoms with Gasteiger partial charge in [0.25, 0.3) is 0 Å². The quantitative estimate of drug-likeness (QED) is 0.772. The Bertz CT molecular complexity index is 598. The van der Waals surface area contributed by atoms with Crippen LogP contribution in [0.5, 0.6) is 0 Å². The fourth-order valence-electron chi connectivity index (χ4n) is 1.58. The van der Waals surface area contributed by atoms with Crippen LogP contribution in [0.3, 0.4) is 0 Å². The Morgan fingerprint density at radius 3 is 2.44 bits per heavy atom. The van der Waals surface area contributed by atoms with Crippen LogP contribution in [0.4, 0.5) is 13.2 Å². The molecule has 0 aliphatic rings. The van der Waals surface area contributed by atoms with Crippen LogP contribution in [0.25, 0.3) is 11.3 Å². The van der Waals surface area contributed by atoms with E-state index in [-0.39, 0.29) is 0 Å². The highest BCUT2D eigenvalue weighted by Gasteiger charge is 2.33. The van der Waals surface area contributed by atoms with E-state index in [0.29, 0.717) is 11.3 Å². The van der Waals surface area contributed by atoms with Crippen LogP contribution >= 0.6 is 0 Å². The van der Waals surface area contributed by atoms with Gasteiger partial charge in [-0.1, -0.05) is 12.1 Å². The van der Waals surface area contributed by atoms with Gasteiger partial charge >= 0.3 is 6.18 Å². The van der Waals surface area contributed by atoms with E-state index in [1.54, 1.807) is 30.5 Å². The zero-order valence-corrected chi connectivity index (χ0v) is 9.07. The maximum absolute atomic E-state index is 12.6. The molecule has 0 saturated carbocycles. The minimum Gasteiger partial charge on any atom is -0.256 e. The first-order valence-corrected chi connectivity index (χ1v) is 5.05. The number of halogens is 3. The lowest BCUT2D eigenvalue weighted by atomic mass is 10.0. The van der Waals surface area contributed by atoms with Crippen molar-refractivity contribution in [3.05, 3.63) is 53.7 Å². The molecule has 18 heavy (non-hydrogen) atoms. The van der Waals surface area contributed by atoms with Gasteiger partial charge in [-0.05, 0) is 24.3 Å². The molecule has 0 amide bonds. The highest BCUT2D eigenvalue weighted by molar-refractivity contribution is 5.62. The molecule has 0 N–H and O–H groups in total. The SMILES string of the molecule is N#Cc1cc(-c2ccccn2)ccc1C(F)(F)F. The Hall–Kier alpha value is -2.35. The lowest BCUT2D eigenvalue weighted by Gasteiger charge is -2.09. The van der Waals surface area contributed by atoms with E-state index in [1.165, 1.54) is 12.1 Å². The summed E-state index contributed by atoms with van der Waals surface area (Å²) >= 11 is 0. The van der Waals surface area contributed by atoms with Gasteiger partial charge in [0.2, 0.25) is 0 Å². The Morgan fingerprint density at radius 2 is 1.89 bits per heavy atom. The number of nitriles is 1. The molecule has 0 spiro atoms. The predicted octanol–water partition coefficient (Wildman–Crippen LogP) is 3.64. The van der Waals surface area contributed by atoms with E-state index < -0.39 is 17.3 Å². The van der Waals surface area contributed by atoms with Gasteiger partial charge in [-0.15, -0.1) is 0 Å². The van der Waals surface area contributed by atoms with Gasteiger partial charge in [0.15, 0.2) is 0 Å². The maximum Gasteiger partial charge on any atom is 0.417 e. The van der Waals surface area contributed by atoms with Crippen molar-refractivity contribution in [3.63, 3.8) is 0 Å². The van der Waals surface area contributed by atoms with Gasteiger partial charge < -0.3 is 0 Å². The van der Waals surface area contributed by atoms with Crippen molar-refractivity contribution in [3.8, 4) is 17.3 Å². The average Bonchev–Trinajstić information content (AvgIpc) is 2.38. The molecule has 0 aliphatic carbocycles. The van der Waals surface area contributed by atoms with Crippen molar-refractivity contribution in [2.24, 2.45) is 0 Å². The molecule has 2 nitrogen and oxygen atoms in total. The third kappa shape index (κ3) is 2.33. The van der Waals surface area contributed by atoms with E-state index in [1.807, 2.05) is 0 Å². The van der Waals surface area contributed by atoms with Crippen molar-refractivity contribution >= 4 is 0 Å². The predicted molar refractivity (Wildman–Crippen MR) is 59.4 cm³/mol. The van der Waals surface area contributed by atoms with Gasteiger partial charge in [-0.3, -0.25) is 4.98 Å². The maximum atomic E-state index is 12.6. The second-order valence-electron chi connectivity index (χ2n) is 3.58. The summed E-state index contributed by atoms with van der Waals surface area (Å²) in [5.74, 6) is 0. The topological polar surface area (TPSA) is 36.7 Å². The van der Waals surface area contributed by atoms with Crippen molar-refractivity contribution in [2.75, 3.05) is 0 Å². The van der Waals surface area contributed by atoms with E-state index in [4.69, 9.17) is 5.26 Å². The van der Waals surface area contributed by atoms with E-state index in [9.17, 15) is 13.2 Å². The summed E-state index contributed by atoms with van der Waals surface area (Å²) in [5, 5.41) is 8.78. The van der Waals surface area contributed by atoms with Crippen molar-refractivity contribution in [2.45, 2.75) is 6.18 Å². The van der Waals surface area contributed by atoms with Crippen LogP contribution in [0.2, 0.25) is 0 Å². The minimum atomic E-state index is -4.52. The summed E-state index contributed by atoms with van der Waals surface area (Å²) in [5.41, 5.74) is -0.307. The van der Waals surface area contributed by atoms with Gasteiger partial charge in [0.05, 0.1) is 22.9 Å². The van der Waals surface area contributed by atoms with Crippen LogP contribution in [0.15, 0.2) is 42.6 Å². The number of hydrogen-bond acceptors (Lipinski definition) is 2. The van der Waals surface area contributed by atoms with Crippen molar-refractivity contribution in [1.82, 2.24) is 4.98 Å². The second kappa shape index (κ2) is 4.49. The van der Waals surface area contributed by atoms with Gasteiger partial charge in [-0.2, -0.15) is 18.4 Å². The number of nitrogens with zero attached hydrogens (tertiary/aromatic N) is 2. The molecule has 0 aliphatic heterocycles. The molecule has 90 valence electrons. The van der Waals surface area contributed by atoms with Crippen molar-refractivity contribution < 1.29 is 13.2 Å². The molecule has 0 unspecified atom stereocenters. The normalized spacial score (nSPS) is 11.0. The number of hydrogen-bond donors (Lipinski definition) is 0. The lowest BCUT2D eigenvalue weighted by molar-refractivity contribution is -0.137. The molecule has 0 fully saturated rings. The second-order valence-corrected chi connectivity index (χ2v) is 3.58. The van der Waals surface area contributed by atoms with Crippen LogP contribution in [-0.4, -0.2) is 4.98 Å². The Labute approximate surface area is 101 Å². The first-order valence-electron chi connectivity index (χ1n) is 5.05. The summed E-state index contributed by atoms with van der Waals surface area (Å²) in [6.07, 6.45) is -2.98. The standard InChI is InChI=1S/C13H7F3N2/c14-13(15,16)11-5-4-9(7-10(11)8-17)12-3-1-2-6-18-12/h1-7H. The van der Waals surface area contributed by atoms with E-state index in [2.05, 4.69) is 4.98 Å². The molecule has 0 atom stereocenters. The summed E-state index contributed by atoms with van der Waals surface area (Å²) in [6, 6.07) is 10.1. The average molecular weight is 248 g/mol. The van der Waals surface area contributed by atoms with Gasteiger partial charge in [-0.25, -0.2) is 0 Å². The summed E-state index contributed by atoms with van der Waals surface area (Å²) < 4.78 is 37.8. The van der Waals surface area contributed by atoms with E-state index >= 15 is 0 Å². The summed E-state index contributed by atoms with van der Waals surface area (Å²) in [4.78, 5) is 4.03. The van der Waals surface area contributed by atoms with Crippen LogP contribution < -0.4 is 0 Å². The first-order chi connectivity index (χ1) is 8.52. The van der Waals surface area contributed by atoms with Gasteiger partial charge in [0, 0.05) is 11.8 Å². The molecular weight excluding hydrogens is 241 g/mol. The molecule has 5 heteroatoms. The molecule has 1 aromatic carbocycles. The number of benzene rings is 1. The fraction of sp³-hybridized carbons (Fsp3) is 0.0769. The molecule has 1 heterocycles. The third-order valence-electron chi connectivity index (χ3n) is 2.41. The number of alkyl halides is 3. The lowest BCUT2D eigenvalue weighted by Crippen LogP contribution is -2.07. The molecule has 0 saturated heterocycles. The highest BCUT2D eigenvalue weighted by atomic mass is 19.4. The van der Waals surface area contributed by atoms with Crippen LogP contribution in [0, 0.1) is 11.3 Å². The molecule has 1 aromatic heterocycles. The number of rotatable bonds is 1. The molecule has 0 radical (unpaired) electrons. The first kappa shape index (κ1) is 12.1. The Kier molecular flexibility index (Phi) is 3.02. The molecule has 0 bridgehead atoms. The van der Waals surface area contributed by atoms with Gasteiger partial charge in [0.1, 0.15) is 0 Å². The fourth-order valence-corrected chi connectivity index (χ4v) is 1.58. The minimum absolute atomic E-state index is 0.398. The summed E-state index contributed by atoms with van der Waals surface area (Å²) in [7, 11) is 0. The van der Waals surface area contributed by atoms with E-state index in [0.717, 1.165) is 6.07 Å². The summed E-state index contributed by atoms with van der Waals surface area (Å²) in [6.45, 7) is 0. The molecule has 2 rings (SSSR count). The molecule has 2 aromatic rings. The Balaban J connectivity index is 2.54. The Morgan fingerprint density at radius 1 is 1.11 bits per heavy atom. The van der Waals surface area contributed by atoms with Crippen molar-refractivity contribution in [1.29, 1.82) is 5.26 Å². The highest BCUT2D eigenvalue weighted by Crippen LogP contribution is 2.33. The number of aromatic nitrogens is 1. The zero-order chi connectivity index (χ0) is 13.2. The molecular formula is C13H7F3N2. The third-order valence-corrected chi connectivity index (χ3v) is 2.41. The monoisotopic (exact) mass is 248 g/mol.